The van der Waals surface area contributed by atoms with Crippen LogP contribution in [0.2, 0.25) is 0 Å². The SMILES string of the molecule is NC(Cn1c(=O)c2c(n(Cc3c(F)cccc3C(F)(F)F)c1=O)COC21CCN(Cc2ccc(C(=O)[O-])cc2)CC1)c1ccccc1. The summed E-state index contributed by atoms with van der Waals surface area (Å²) in [5.74, 6) is -2.40. The average Bonchev–Trinajstić information content (AvgIpc) is 3.41. The summed E-state index contributed by atoms with van der Waals surface area (Å²) in [7, 11) is 0. The molecule has 1 saturated heterocycles. The number of halogens is 4. The third-order valence-corrected chi connectivity index (χ3v) is 9.08. The van der Waals surface area contributed by atoms with Crippen LogP contribution in [0.4, 0.5) is 17.6 Å². The number of aromatic carboxylic acids is 1. The van der Waals surface area contributed by atoms with Gasteiger partial charge >= 0.3 is 11.9 Å². The number of rotatable bonds is 8. The Morgan fingerprint density at radius 2 is 1.62 bits per heavy atom. The number of carboxylic acids is 1. The van der Waals surface area contributed by atoms with Crippen LogP contribution in [0.1, 0.15) is 62.8 Å². The fraction of sp³-hybridized carbons (Fsp3) is 0.324. The number of likely N-dealkylation sites (tertiary alicyclic amines) is 1. The molecule has 1 atom stereocenters. The Labute approximate surface area is 266 Å². The quantitative estimate of drug-likeness (QED) is 0.290. The molecule has 0 saturated carbocycles. The molecule has 1 spiro atoms. The van der Waals surface area contributed by atoms with Crippen LogP contribution in [-0.2, 0) is 42.8 Å². The van der Waals surface area contributed by atoms with Gasteiger partial charge in [-0.15, -0.1) is 0 Å². The van der Waals surface area contributed by atoms with E-state index in [0.717, 1.165) is 32.9 Å². The van der Waals surface area contributed by atoms with E-state index in [1.807, 2.05) is 0 Å². The highest BCUT2D eigenvalue weighted by Gasteiger charge is 2.47. The highest BCUT2D eigenvalue weighted by Crippen LogP contribution is 2.43. The van der Waals surface area contributed by atoms with Gasteiger partial charge in [-0.25, -0.2) is 9.18 Å². The smallest absolute Gasteiger partial charge is 0.416 e. The van der Waals surface area contributed by atoms with Gasteiger partial charge in [0, 0.05) is 31.2 Å². The van der Waals surface area contributed by atoms with E-state index in [-0.39, 0.29) is 30.0 Å². The first-order chi connectivity index (χ1) is 22.4. The Bertz CT molecular complexity index is 1910. The summed E-state index contributed by atoms with van der Waals surface area (Å²) in [6.45, 7) is 0.190. The number of carbonyl (C=O) groups excluding carboxylic acids is 1. The summed E-state index contributed by atoms with van der Waals surface area (Å²) in [6, 6.07) is 16.9. The third kappa shape index (κ3) is 6.25. The number of aromatic nitrogens is 2. The molecule has 246 valence electrons. The van der Waals surface area contributed by atoms with Crippen LogP contribution in [-0.4, -0.2) is 33.1 Å². The number of piperidine rings is 1. The van der Waals surface area contributed by atoms with Gasteiger partial charge in [0.1, 0.15) is 11.4 Å². The van der Waals surface area contributed by atoms with Crippen molar-refractivity contribution >= 4 is 5.97 Å². The van der Waals surface area contributed by atoms with Gasteiger partial charge in [0.05, 0.1) is 42.5 Å². The molecular weight excluding hydrogens is 620 g/mol. The van der Waals surface area contributed by atoms with Crippen LogP contribution in [0.15, 0.2) is 82.4 Å². The number of benzene rings is 3. The lowest BCUT2D eigenvalue weighted by atomic mass is 9.85. The minimum absolute atomic E-state index is 0.0642. The number of carbonyl (C=O) groups is 1. The van der Waals surface area contributed by atoms with E-state index in [0.29, 0.717) is 38.0 Å². The van der Waals surface area contributed by atoms with Crippen molar-refractivity contribution in [2.24, 2.45) is 5.73 Å². The molecule has 1 fully saturated rings. The zero-order valence-electron chi connectivity index (χ0n) is 25.1. The van der Waals surface area contributed by atoms with Crippen molar-refractivity contribution in [3.05, 3.63) is 139 Å². The molecule has 0 amide bonds. The highest BCUT2D eigenvalue weighted by molar-refractivity contribution is 5.85. The molecule has 0 radical (unpaired) electrons. The average molecular weight is 652 g/mol. The van der Waals surface area contributed by atoms with E-state index < -0.39 is 58.5 Å². The van der Waals surface area contributed by atoms with Gasteiger partial charge in [0.2, 0.25) is 0 Å². The molecule has 47 heavy (non-hydrogen) atoms. The summed E-state index contributed by atoms with van der Waals surface area (Å²) in [5.41, 5.74) is 3.67. The zero-order valence-corrected chi connectivity index (χ0v) is 25.1. The van der Waals surface area contributed by atoms with E-state index in [1.54, 1.807) is 42.5 Å². The van der Waals surface area contributed by atoms with Crippen molar-refractivity contribution < 1.29 is 32.2 Å². The number of nitrogens with zero attached hydrogens (tertiary/aromatic N) is 3. The van der Waals surface area contributed by atoms with E-state index >= 15 is 4.39 Å². The summed E-state index contributed by atoms with van der Waals surface area (Å²) in [4.78, 5) is 41.3. The fourth-order valence-electron chi connectivity index (χ4n) is 6.57. The van der Waals surface area contributed by atoms with Crippen molar-refractivity contribution in [3.8, 4) is 0 Å². The molecule has 2 aliphatic heterocycles. The molecule has 1 aromatic heterocycles. The fourth-order valence-corrected chi connectivity index (χ4v) is 6.57. The number of carboxylic acid groups (broad SMARTS) is 1. The van der Waals surface area contributed by atoms with Crippen LogP contribution in [0.25, 0.3) is 0 Å². The molecule has 6 rings (SSSR count). The van der Waals surface area contributed by atoms with Gasteiger partial charge in [-0.3, -0.25) is 18.8 Å². The predicted molar refractivity (Wildman–Crippen MR) is 161 cm³/mol. The van der Waals surface area contributed by atoms with Crippen molar-refractivity contribution in [2.75, 3.05) is 13.1 Å². The zero-order chi connectivity index (χ0) is 33.5. The lowest BCUT2D eigenvalue weighted by molar-refractivity contribution is -0.255. The van der Waals surface area contributed by atoms with Crippen LogP contribution in [0.5, 0.6) is 0 Å². The highest BCUT2D eigenvalue weighted by atomic mass is 19.4. The molecule has 9 nitrogen and oxygen atoms in total. The number of nitrogens with two attached hydrogens (primary N) is 1. The summed E-state index contributed by atoms with van der Waals surface area (Å²) in [6.07, 6.45) is -4.21. The van der Waals surface area contributed by atoms with Crippen LogP contribution >= 0.6 is 0 Å². The predicted octanol–water partition coefficient (Wildman–Crippen LogP) is 3.30. The molecule has 13 heteroatoms. The minimum atomic E-state index is -4.89. The minimum Gasteiger partial charge on any atom is -0.545 e. The molecule has 3 heterocycles. The molecule has 1 unspecified atom stereocenters. The molecule has 4 aromatic rings. The van der Waals surface area contributed by atoms with E-state index in [1.165, 1.54) is 12.1 Å². The first kappa shape index (κ1) is 32.4. The number of ether oxygens (including phenoxy) is 1. The first-order valence-electron chi connectivity index (χ1n) is 15.1. The largest absolute Gasteiger partial charge is 0.545 e. The van der Waals surface area contributed by atoms with Gasteiger partial charge in [-0.05, 0) is 41.7 Å². The van der Waals surface area contributed by atoms with Gasteiger partial charge in [-0.2, -0.15) is 13.2 Å². The van der Waals surface area contributed by atoms with E-state index in [2.05, 4.69) is 4.90 Å². The van der Waals surface area contributed by atoms with Crippen molar-refractivity contribution in [3.63, 3.8) is 0 Å². The first-order valence-corrected chi connectivity index (χ1v) is 15.1. The van der Waals surface area contributed by atoms with Gasteiger partial charge in [-0.1, -0.05) is 60.7 Å². The molecule has 2 aliphatic rings. The Balaban J connectivity index is 1.38. The van der Waals surface area contributed by atoms with Gasteiger partial charge in [0.25, 0.3) is 5.56 Å². The molecule has 3 aromatic carbocycles. The Morgan fingerprint density at radius 3 is 2.26 bits per heavy atom. The van der Waals surface area contributed by atoms with E-state index in [4.69, 9.17) is 10.5 Å². The number of hydrogen-bond acceptors (Lipinski definition) is 7. The second-order valence-corrected chi connectivity index (χ2v) is 11.9. The maximum atomic E-state index is 15.0. The topological polar surface area (TPSA) is 123 Å². The summed E-state index contributed by atoms with van der Waals surface area (Å²) >= 11 is 0. The monoisotopic (exact) mass is 651 g/mol. The summed E-state index contributed by atoms with van der Waals surface area (Å²) < 4.78 is 65.1. The van der Waals surface area contributed by atoms with Gasteiger partial charge in [0.15, 0.2) is 0 Å². The Morgan fingerprint density at radius 1 is 0.936 bits per heavy atom. The van der Waals surface area contributed by atoms with Crippen LogP contribution < -0.4 is 22.1 Å². The lowest BCUT2D eigenvalue weighted by Crippen LogP contribution is -2.49. The molecular formula is C34H31F4N4O5-. The maximum absolute atomic E-state index is 15.0. The standard InChI is InChI=1S/C34H32F4N4O5/c35-26-8-4-7-25(34(36,37)38)24(26)18-41-28-20-47-33(13-15-40(16-14-33)17-21-9-11-23(12-10-21)31(44)45)29(28)30(43)42(32(41)46)19-27(39)22-5-2-1-3-6-22/h1-12,27H,13-20,39H2,(H,44,45)/p-1. The van der Waals surface area contributed by atoms with E-state index in [9.17, 15) is 32.7 Å². The molecule has 0 aliphatic carbocycles. The normalized spacial score (nSPS) is 16.7. The maximum Gasteiger partial charge on any atom is 0.416 e. The van der Waals surface area contributed by atoms with Crippen molar-refractivity contribution in [1.82, 2.24) is 14.0 Å². The Kier molecular flexibility index (Phi) is 8.64. The molecule has 2 N–H and O–H groups in total. The number of alkyl halides is 3. The second kappa shape index (κ2) is 12.5. The lowest BCUT2D eigenvalue weighted by Gasteiger charge is -2.39. The van der Waals surface area contributed by atoms with Crippen molar-refractivity contribution in [2.45, 2.75) is 56.9 Å². The summed E-state index contributed by atoms with van der Waals surface area (Å²) in [5, 5.41) is 11.1. The van der Waals surface area contributed by atoms with Crippen LogP contribution in [0.3, 0.4) is 0 Å². The van der Waals surface area contributed by atoms with Gasteiger partial charge < -0.3 is 20.4 Å². The molecule has 0 bridgehead atoms. The number of hydrogen-bond donors (Lipinski definition) is 1. The number of fused-ring (bicyclic) bond motifs is 2. The van der Waals surface area contributed by atoms with Crippen LogP contribution in [0, 0.1) is 5.82 Å². The van der Waals surface area contributed by atoms with Crippen molar-refractivity contribution in [1.29, 1.82) is 0 Å². The third-order valence-electron chi connectivity index (χ3n) is 9.08. The second-order valence-electron chi connectivity index (χ2n) is 11.9. The Hall–Kier alpha value is -4.59.